The van der Waals surface area contributed by atoms with E-state index in [1.54, 1.807) is 0 Å². The summed E-state index contributed by atoms with van der Waals surface area (Å²) in [5.41, 5.74) is 2.39. The Kier molecular flexibility index (Phi) is 0.988. The molecule has 0 fully saturated rings. The molecular formula is C4H7Si. The van der Waals surface area contributed by atoms with Crippen molar-refractivity contribution in [3.05, 3.63) is 0 Å². The molecule has 0 aromatic rings. The molecule has 1 radical (unpaired) electrons. The molecule has 0 nitrogen and oxygen atoms in total. The summed E-state index contributed by atoms with van der Waals surface area (Å²) >= 11 is 0. The van der Waals surface area contributed by atoms with Crippen molar-refractivity contribution in [3.8, 4) is 0 Å². The van der Waals surface area contributed by atoms with Gasteiger partial charge in [0.05, 0.1) is 0 Å². The van der Waals surface area contributed by atoms with E-state index in [4.69, 9.17) is 0 Å². The molecule has 0 atom stereocenters. The number of hydrogen-bond donors (Lipinski definition) is 0. The van der Waals surface area contributed by atoms with Gasteiger partial charge in [-0.2, -0.15) is 0 Å². The molecule has 0 aromatic carbocycles. The third kappa shape index (κ3) is 0.688. The van der Waals surface area contributed by atoms with Crippen molar-refractivity contribution in [2.75, 3.05) is 0 Å². The summed E-state index contributed by atoms with van der Waals surface area (Å²) in [6.07, 6.45) is 2.84. The lowest BCUT2D eigenvalue weighted by Gasteiger charge is -1.69. The van der Waals surface area contributed by atoms with Gasteiger partial charge in [-0.1, -0.05) is 0 Å². The number of rotatable bonds is 0. The summed E-state index contributed by atoms with van der Waals surface area (Å²) < 4.78 is 0. The van der Waals surface area contributed by atoms with Crippen LogP contribution < -0.4 is 0 Å². The van der Waals surface area contributed by atoms with E-state index < -0.39 is 0 Å². The van der Waals surface area contributed by atoms with Crippen molar-refractivity contribution >= 4 is 14.8 Å². The second-order valence-corrected chi connectivity index (χ2v) is 2.62. The average molecular weight is 83.2 g/mol. The van der Waals surface area contributed by atoms with Gasteiger partial charge in [0.2, 0.25) is 0 Å². The Bertz CT molecular complexity index is 41.6. The van der Waals surface area contributed by atoms with E-state index in [9.17, 15) is 0 Å². The lowest BCUT2D eigenvalue weighted by molar-refractivity contribution is 1.03. The highest BCUT2D eigenvalue weighted by molar-refractivity contribution is 6.48. The summed E-state index contributed by atoms with van der Waals surface area (Å²) in [6, 6.07) is 1.47. The Balaban J connectivity index is 2.32. The largest absolute Gasteiger partial charge is 0.103 e. The summed E-state index contributed by atoms with van der Waals surface area (Å²) in [6.45, 7) is 0. The Morgan fingerprint density at radius 3 is 2.80 bits per heavy atom. The Labute approximate surface area is 34.6 Å². The van der Waals surface area contributed by atoms with Crippen LogP contribution in [0.2, 0.25) is 6.04 Å². The van der Waals surface area contributed by atoms with E-state index in [1.165, 1.54) is 28.0 Å². The second kappa shape index (κ2) is 1.50. The first kappa shape index (κ1) is 3.28. The zero-order valence-electron chi connectivity index (χ0n) is 3.20. The molecular weight excluding hydrogens is 76.1 g/mol. The highest BCUT2D eigenvalue weighted by Crippen LogP contribution is 1.94. The van der Waals surface area contributed by atoms with Crippen LogP contribution in [0.3, 0.4) is 0 Å². The zero-order valence-corrected chi connectivity index (χ0v) is 4.20. The normalized spacial score (nSPS) is 20.8. The topological polar surface area (TPSA) is 0 Å². The fourth-order valence-electron chi connectivity index (χ4n) is 0.510. The molecule has 0 bridgehead atoms. The smallest absolute Gasteiger partial charge is 0.0147 e. The molecule has 0 amide bonds. The van der Waals surface area contributed by atoms with Gasteiger partial charge in [-0.3, -0.25) is 0 Å². The van der Waals surface area contributed by atoms with E-state index in [0.29, 0.717) is 0 Å². The number of hydrogen-bond acceptors (Lipinski definition) is 0. The summed E-state index contributed by atoms with van der Waals surface area (Å²) in [5, 5.41) is 0. The highest BCUT2D eigenvalue weighted by Gasteiger charge is 1.85. The molecule has 0 aliphatic carbocycles. The molecule has 0 saturated heterocycles. The molecule has 0 aromatic heterocycles. The molecule has 0 unspecified atom stereocenters. The third-order valence-electron chi connectivity index (χ3n) is 0.814. The lowest BCUT2D eigenvalue weighted by Crippen LogP contribution is -1.60. The van der Waals surface area contributed by atoms with Crippen LogP contribution in [0.25, 0.3) is 0 Å². The SMILES string of the molecule is C1=[Si]CCC1. The van der Waals surface area contributed by atoms with Gasteiger partial charge in [-0.05, 0) is 18.9 Å². The van der Waals surface area contributed by atoms with Gasteiger partial charge in [0.1, 0.15) is 0 Å². The van der Waals surface area contributed by atoms with E-state index >= 15 is 0 Å². The minimum atomic E-state index is 1.18. The van der Waals surface area contributed by atoms with Crippen LogP contribution in [0.1, 0.15) is 12.8 Å². The lowest BCUT2D eigenvalue weighted by atomic mass is 10.4. The fourth-order valence-corrected chi connectivity index (χ4v) is 1.53. The van der Waals surface area contributed by atoms with Crippen molar-refractivity contribution in [2.45, 2.75) is 18.9 Å². The van der Waals surface area contributed by atoms with Gasteiger partial charge in [0, 0.05) is 9.13 Å². The molecule has 5 heavy (non-hydrogen) atoms. The predicted octanol–water partition coefficient (Wildman–Crippen LogP) is 0.705. The first-order valence-corrected chi connectivity index (χ1v) is 3.33. The van der Waals surface area contributed by atoms with Gasteiger partial charge in [0.15, 0.2) is 0 Å². The predicted molar refractivity (Wildman–Crippen MR) is 25.9 cm³/mol. The zero-order chi connectivity index (χ0) is 3.54. The van der Waals surface area contributed by atoms with Crippen LogP contribution in [0.15, 0.2) is 0 Å². The van der Waals surface area contributed by atoms with Gasteiger partial charge in [0.25, 0.3) is 0 Å². The van der Waals surface area contributed by atoms with Crippen molar-refractivity contribution in [3.63, 3.8) is 0 Å². The van der Waals surface area contributed by atoms with Gasteiger partial charge in [-0.15, -0.1) is 5.67 Å². The van der Waals surface area contributed by atoms with Crippen LogP contribution in [-0.4, -0.2) is 14.8 Å². The van der Waals surface area contributed by atoms with Gasteiger partial charge in [-0.25, -0.2) is 0 Å². The molecule has 1 rings (SSSR count). The molecule has 27 valence electrons. The molecule has 0 saturated carbocycles. The quantitative estimate of drug-likeness (QED) is 0.378. The van der Waals surface area contributed by atoms with Crippen LogP contribution in [0.5, 0.6) is 0 Å². The van der Waals surface area contributed by atoms with E-state index in [0.717, 1.165) is 0 Å². The first-order chi connectivity index (χ1) is 2.50. The van der Waals surface area contributed by atoms with Crippen LogP contribution in [0.4, 0.5) is 0 Å². The summed E-state index contributed by atoms with van der Waals surface area (Å²) in [5.74, 6) is 0. The summed E-state index contributed by atoms with van der Waals surface area (Å²) in [4.78, 5) is 0. The molecule has 1 heterocycles. The maximum atomic E-state index is 2.39. The minimum absolute atomic E-state index is 1.18. The molecule has 1 heteroatoms. The highest BCUT2D eigenvalue weighted by atomic mass is 28.2. The standard InChI is InChI=1S/C4H7Si/c1-2-4-5-3-1/h3H,1-2,4H2. The monoisotopic (exact) mass is 83.0 g/mol. The van der Waals surface area contributed by atoms with Gasteiger partial charge < -0.3 is 0 Å². The molecule has 0 spiro atoms. The maximum Gasteiger partial charge on any atom is 0.0147 e. The van der Waals surface area contributed by atoms with Crippen molar-refractivity contribution in [1.29, 1.82) is 0 Å². The van der Waals surface area contributed by atoms with Crippen molar-refractivity contribution < 1.29 is 0 Å². The average Bonchev–Trinajstić information content (AvgIpc) is 1.76. The van der Waals surface area contributed by atoms with Gasteiger partial charge >= 0.3 is 0 Å². The van der Waals surface area contributed by atoms with E-state index in [-0.39, 0.29) is 0 Å². The maximum absolute atomic E-state index is 2.39. The molecule has 0 N–H and O–H groups in total. The Morgan fingerprint density at radius 1 is 1.60 bits per heavy atom. The minimum Gasteiger partial charge on any atom is -0.103 e. The van der Waals surface area contributed by atoms with Crippen molar-refractivity contribution in [2.24, 2.45) is 0 Å². The van der Waals surface area contributed by atoms with E-state index in [1.807, 2.05) is 0 Å². The van der Waals surface area contributed by atoms with Crippen molar-refractivity contribution in [1.82, 2.24) is 0 Å². The van der Waals surface area contributed by atoms with Crippen LogP contribution >= 0.6 is 0 Å². The molecule has 1 aliphatic heterocycles. The Morgan fingerprint density at radius 2 is 2.60 bits per heavy atom. The first-order valence-electron chi connectivity index (χ1n) is 2.05. The summed E-state index contributed by atoms with van der Waals surface area (Å²) in [7, 11) is 1.18. The van der Waals surface area contributed by atoms with Crippen LogP contribution in [-0.2, 0) is 0 Å². The van der Waals surface area contributed by atoms with Crippen LogP contribution in [0, 0.1) is 0 Å². The fraction of sp³-hybridized carbons (Fsp3) is 0.750. The van der Waals surface area contributed by atoms with E-state index in [2.05, 4.69) is 5.67 Å². The second-order valence-electron chi connectivity index (χ2n) is 1.30. The third-order valence-corrected chi connectivity index (χ3v) is 2.03. The Hall–Kier alpha value is 0.0869. The molecule has 1 aliphatic rings.